The molecule has 23 heavy (non-hydrogen) atoms. The van der Waals surface area contributed by atoms with E-state index in [0.29, 0.717) is 13.1 Å². The van der Waals surface area contributed by atoms with Crippen LogP contribution in [0.15, 0.2) is 24.3 Å². The van der Waals surface area contributed by atoms with Crippen molar-refractivity contribution < 1.29 is 9.59 Å². The summed E-state index contributed by atoms with van der Waals surface area (Å²) in [6.45, 7) is 3.83. The lowest BCUT2D eigenvalue weighted by molar-refractivity contribution is -0.134. The van der Waals surface area contributed by atoms with Crippen LogP contribution in [0.4, 0.5) is 0 Å². The first-order valence-corrected chi connectivity index (χ1v) is 8.25. The maximum Gasteiger partial charge on any atom is 0.239 e. The first-order chi connectivity index (χ1) is 11.0. The molecule has 126 valence electrons. The molecule has 1 N–H and O–H groups in total. The van der Waals surface area contributed by atoms with Crippen molar-refractivity contribution in [3.05, 3.63) is 35.4 Å². The standard InChI is InChI=1S/C18H27N3O2/c1-14-7-4-5-8-15(14)10-11-19-17(22)13-21-12-6-9-16(21)18(23)20(2)3/h4-5,7-8,16H,6,9-13H2,1-3H3,(H,19,22). The number of carbonyl (C=O) groups is 2. The number of likely N-dealkylation sites (tertiary alicyclic amines) is 1. The number of hydrogen-bond acceptors (Lipinski definition) is 3. The lowest BCUT2D eigenvalue weighted by Crippen LogP contribution is -2.46. The minimum atomic E-state index is -0.146. The van der Waals surface area contributed by atoms with Gasteiger partial charge in [-0.05, 0) is 43.9 Å². The SMILES string of the molecule is Cc1ccccc1CCNC(=O)CN1CCCC1C(=O)N(C)C. The van der Waals surface area contributed by atoms with Crippen molar-refractivity contribution in [3.8, 4) is 0 Å². The van der Waals surface area contributed by atoms with E-state index in [1.807, 2.05) is 17.0 Å². The van der Waals surface area contributed by atoms with Crippen molar-refractivity contribution in [1.82, 2.24) is 15.1 Å². The smallest absolute Gasteiger partial charge is 0.239 e. The Labute approximate surface area is 138 Å². The Bertz CT molecular complexity index is 557. The van der Waals surface area contributed by atoms with Crippen molar-refractivity contribution >= 4 is 11.8 Å². The summed E-state index contributed by atoms with van der Waals surface area (Å²) >= 11 is 0. The molecule has 0 radical (unpaired) electrons. The first kappa shape index (κ1) is 17.5. The van der Waals surface area contributed by atoms with E-state index in [1.54, 1.807) is 19.0 Å². The van der Waals surface area contributed by atoms with Gasteiger partial charge in [-0.25, -0.2) is 0 Å². The molecule has 5 nitrogen and oxygen atoms in total. The molecule has 0 spiro atoms. The van der Waals surface area contributed by atoms with E-state index in [1.165, 1.54) is 11.1 Å². The number of hydrogen-bond donors (Lipinski definition) is 1. The molecule has 0 saturated carbocycles. The highest BCUT2D eigenvalue weighted by molar-refractivity contribution is 5.83. The molecule has 1 atom stereocenters. The molecule has 1 aromatic rings. The fourth-order valence-corrected chi connectivity index (χ4v) is 3.06. The highest BCUT2D eigenvalue weighted by Crippen LogP contribution is 2.18. The van der Waals surface area contributed by atoms with Crippen molar-refractivity contribution in [1.29, 1.82) is 0 Å². The quantitative estimate of drug-likeness (QED) is 0.858. The Balaban J connectivity index is 1.78. The van der Waals surface area contributed by atoms with Gasteiger partial charge in [-0.3, -0.25) is 14.5 Å². The Kier molecular flexibility index (Phi) is 6.16. The van der Waals surface area contributed by atoms with Gasteiger partial charge in [0.15, 0.2) is 0 Å². The van der Waals surface area contributed by atoms with Crippen molar-refractivity contribution in [2.75, 3.05) is 33.7 Å². The molecule has 0 bridgehead atoms. The van der Waals surface area contributed by atoms with E-state index in [4.69, 9.17) is 0 Å². The summed E-state index contributed by atoms with van der Waals surface area (Å²) in [6, 6.07) is 8.07. The van der Waals surface area contributed by atoms with Crippen LogP contribution in [-0.4, -0.2) is 61.4 Å². The van der Waals surface area contributed by atoms with E-state index in [-0.39, 0.29) is 17.9 Å². The van der Waals surface area contributed by atoms with Crippen molar-refractivity contribution in [3.63, 3.8) is 0 Å². The van der Waals surface area contributed by atoms with Gasteiger partial charge in [0.25, 0.3) is 0 Å². The number of rotatable bonds is 6. The Morgan fingerprint density at radius 1 is 1.30 bits per heavy atom. The second-order valence-corrected chi connectivity index (χ2v) is 6.39. The summed E-state index contributed by atoms with van der Waals surface area (Å²) in [5.41, 5.74) is 2.51. The summed E-state index contributed by atoms with van der Waals surface area (Å²) in [7, 11) is 3.53. The third kappa shape index (κ3) is 4.79. The molecule has 1 heterocycles. The third-order valence-electron chi connectivity index (χ3n) is 4.41. The summed E-state index contributed by atoms with van der Waals surface area (Å²) in [5.74, 6) is 0.0900. The van der Waals surface area contributed by atoms with E-state index in [2.05, 4.69) is 24.4 Å². The van der Waals surface area contributed by atoms with Crippen LogP contribution < -0.4 is 5.32 Å². The molecule has 1 aromatic carbocycles. The lowest BCUT2D eigenvalue weighted by atomic mass is 10.1. The fraction of sp³-hybridized carbons (Fsp3) is 0.556. The van der Waals surface area contributed by atoms with Crippen LogP contribution in [0.2, 0.25) is 0 Å². The summed E-state index contributed by atoms with van der Waals surface area (Å²) in [6.07, 6.45) is 2.65. The predicted octanol–water partition coefficient (Wildman–Crippen LogP) is 1.21. The van der Waals surface area contributed by atoms with E-state index >= 15 is 0 Å². The van der Waals surface area contributed by atoms with Gasteiger partial charge < -0.3 is 10.2 Å². The van der Waals surface area contributed by atoms with Crippen molar-refractivity contribution in [2.45, 2.75) is 32.2 Å². The van der Waals surface area contributed by atoms with Crippen LogP contribution in [-0.2, 0) is 16.0 Å². The highest BCUT2D eigenvalue weighted by Gasteiger charge is 2.32. The summed E-state index contributed by atoms with van der Waals surface area (Å²) < 4.78 is 0. The second kappa shape index (κ2) is 8.11. The number of aryl methyl sites for hydroxylation is 1. The number of amides is 2. The number of nitrogens with zero attached hydrogens (tertiary/aromatic N) is 2. The molecular formula is C18H27N3O2. The van der Waals surface area contributed by atoms with E-state index in [9.17, 15) is 9.59 Å². The van der Waals surface area contributed by atoms with Gasteiger partial charge in [0.1, 0.15) is 0 Å². The van der Waals surface area contributed by atoms with Crippen LogP contribution in [0.25, 0.3) is 0 Å². The zero-order valence-electron chi connectivity index (χ0n) is 14.3. The zero-order valence-corrected chi connectivity index (χ0v) is 14.3. The van der Waals surface area contributed by atoms with Gasteiger partial charge in [-0.2, -0.15) is 0 Å². The van der Waals surface area contributed by atoms with Gasteiger partial charge in [0, 0.05) is 20.6 Å². The van der Waals surface area contributed by atoms with Gasteiger partial charge in [-0.15, -0.1) is 0 Å². The molecule has 0 aliphatic carbocycles. The number of likely N-dealkylation sites (N-methyl/N-ethyl adjacent to an activating group) is 1. The normalized spacial score (nSPS) is 18.0. The average molecular weight is 317 g/mol. The molecule has 2 amide bonds. The predicted molar refractivity (Wildman–Crippen MR) is 91.2 cm³/mol. The lowest BCUT2D eigenvalue weighted by Gasteiger charge is -2.25. The summed E-state index contributed by atoms with van der Waals surface area (Å²) in [4.78, 5) is 27.9. The maximum absolute atomic E-state index is 12.1. The van der Waals surface area contributed by atoms with Gasteiger partial charge in [0.05, 0.1) is 12.6 Å². The monoisotopic (exact) mass is 317 g/mol. The van der Waals surface area contributed by atoms with Crippen molar-refractivity contribution in [2.24, 2.45) is 0 Å². The molecule has 5 heteroatoms. The van der Waals surface area contributed by atoms with Crippen LogP contribution in [0.5, 0.6) is 0 Å². The average Bonchev–Trinajstić information content (AvgIpc) is 2.96. The largest absolute Gasteiger partial charge is 0.355 e. The molecule has 2 rings (SSSR count). The van der Waals surface area contributed by atoms with E-state index < -0.39 is 0 Å². The minimum Gasteiger partial charge on any atom is -0.355 e. The molecular weight excluding hydrogens is 290 g/mol. The third-order valence-corrected chi connectivity index (χ3v) is 4.41. The Hall–Kier alpha value is -1.88. The number of carbonyl (C=O) groups excluding carboxylic acids is 2. The second-order valence-electron chi connectivity index (χ2n) is 6.39. The highest BCUT2D eigenvalue weighted by atomic mass is 16.2. The maximum atomic E-state index is 12.1. The van der Waals surface area contributed by atoms with Gasteiger partial charge >= 0.3 is 0 Å². The topological polar surface area (TPSA) is 52.7 Å². The number of benzene rings is 1. The Morgan fingerprint density at radius 3 is 2.74 bits per heavy atom. The molecule has 1 aliphatic heterocycles. The molecule has 1 fully saturated rings. The van der Waals surface area contributed by atoms with Crippen LogP contribution in [0.3, 0.4) is 0 Å². The van der Waals surface area contributed by atoms with E-state index in [0.717, 1.165) is 25.8 Å². The van der Waals surface area contributed by atoms with Gasteiger partial charge in [0.2, 0.25) is 11.8 Å². The van der Waals surface area contributed by atoms with Gasteiger partial charge in [-0.1, -0.05) is 24.3 Å². The molecule has 0 aromatic heterocycles. The molecule has 1 aliphatic rings. The molecule has 1 saturated heterocycles. The van der Waals surface area contributed by atoms with Crippen LogP contribution in [0, 0.1) is 6.92 Å². The minimum absolute atomic E-state index is 0.00274. The first-order valence-electron chi connectivity index (χ1n) is 8.25. The summed E-state index contributed by atoms with van der Waals surface area (Å²) in [5, 5.41) is 2.97. The molecule has 1 unspecified atom stereocenters. The zero-order chi connectivity index (χ0) is 16.8. The fourth-order valence-electron chi connectivity index (χ4n) is 3.06. The van der Waals surface area contributed by atoms with Crippen LogP contribution in [0.1, 0.15) is 24.0 Å². The number of nitrogens with one attached hydrogen (secondary N) is 1. The Morgan fingerprint density at radius 2 is 2.04 bits per heavy atom. The van der Waals surface area contributed by atoms with Crippen LogP contribution >= 0.6 is 0 Å².